The molecule has 23 heavy (non-hydrogen) atoms. The van der Waals surface area contributed by atoms with Gasteiger partial charge in [-0.3, -0.25) is 0 Å². The second kappa shape index (κ2) is 7.02. The Kier molecular flexibility index (Phi) is 5.28. The predicted octanol–water partition coefficient (Wildman–Crippen LogP) is 3.05. The summed E-state index contributed by atoms with van der Waals surface area (Å²) in [6.07, 6.45) is 0. The van der Waals surface area contributed by atoms with Crippen molar-refractivity contribution in [2.24, 2.45) is 0 Å². The first-order valence-electron chi connectivity index (χ1n) is 7.19. The van der Waals surface area contributed by atoms with Gasteiger partial charge in [-0.15, -0.1) is 0 Å². The molecular formula is C17H21NO4S. The highest BCUT2D eigenvalue weighted by atomic mass is 32.2. The van der Waals surface area contributed by atoms with Gasteiger partial charge in [0, 0.05) is 11.6 Å². The number of aryl methyl sites for hydroxylation is 1. The number of benzene rings is 2. The lowest BCUT2D eigenvalue weighted by Gasteiger charge is -2.18. The van der Waals surface area contributed by atoms with Crippen molar-refractivity contribution < 1.29 is 17.9 Å². The molecule has 0 fully saturated rings. The van der Waals surface area contributed by atoms with Gasteiger partial charge in [-0.1, -0.05) is 24.3 Å². The van der Waals surface area contributed by atoms with Crippen LogP contribution < -0.4 is 14.2 Å². The molecule has 5 nitrogen and oxygen atoms in total. The van der Waals surface area contributed by atoms with Crippen LogP contribution in [0.25, 0.3) is 0 Å². The Balaban J connectivity index is 2.36. The smallest absolute Gasteiger partial charge is 0.244 e. The summed E-state index contributed by atoms with van der Waals surface area (Å²) in [5.74, 6) is 0.953. The minimum atomic E-state index is -3.73. The Labute approximate surface area is 137 Å². The molecular weight excluding hydrogens is 314 g/mol. The highest BCUT2D eigenvalue weighted by Gasteiger charge is 2.23. The zero-order valence-corrected chi connectivity index (χ0v) is 14.5. The van der Waals surface area contributed by atoms with Gasteiger partial charge in [0.2, 0.25) is 10.0 Å². The van der Waals surface area contributed by atoms with E-state index in [2.05, 4.69) is 4.72 Å². The first-order chi connectivity index (χ1) is 10.9. The van der Waals surface area contributed by atoms with Crippen LogP contribution in [-0.2, 0) is 10.0 Å². The molecule has 0 aliphatic heterocycles. The lowest BCUT2D eigenvalue weighted by molar-refractivity contribution is 0.400. The van der Waals surface area contributed by atoms with Crippen LogP contribution in [-0.4, -0.2) is 22.6 Å². The van der Waals surface area contributed by atoms with Crippen molar-refractivity contribution in [2.45, 2.75) is 24.8 Å². The molecule has 0 unspecified atom stereocenters. The summed E-state index contributed by atoms with van der Waals surface area (Å²) in [5.41, 5.74) is 1.61. The van der Waals surface area contributed by atoms with Crippen LogP contribution in [0.4, 0.5) is 0 Å². The van der Waals surface area contributed by atoms with Crippen LogP contribution in [0.15, 0.2) is 47.4 Å². The number of nitrogens with one attached hydrogen (secondary N) is 1. The summed E-state index contributed by atoms with van der Waals surface area (Å²) in [4.78, 5) is 0.127. The minimum Gasteiger partial charge on any atom is -0.496 e. The van der Waals surface area contributed by atoms with Crippen LogP contribution >= 0.6 is 0 Å². The summed E-state index contributed by atoms with van der Waals surface area (Å²) in [7, 11) is -0.718. The zero-order valence-electron chi connectivity index (χ0n) is 13.7. The SMILES string of the molecule is COc1ccccc1[C@H](C)NS(=O)(=O)c1cc(C)ccc1OC. The van der Waals surface area contributed by atoms with E-state index in [0.29, 0.717) is 11.5 Å². The van der Waals surface area contributed by atoms with Gasteiger partial charge in [-0.25, -0.2) is 13.1 Å². The van der Waals surface area contributed by atoms with E-state index in [0.717, 1.165) is 11.1 Å². The first kappa shape index (κ1) is 17.3. The van der Waals surface area contributed by atoms with Crippen LogP contribution in [0.1, 0.15) is 24.1 Å². The Bertz CT molecular complexity index is 787. The maximum atomic E-state index is 12.7. The fourth-order valence-electron chi connectivity index (χ4n) is 2.38. The monoisotopic (exact) mass is 335 g/mol. The lowest BCUT2D eigenvalue weighted by Crippen LogP contribution is -2.27. The first-order valence-corrected chi connectivity index (χ1v) is 8.67. The molecule has 0 aliphatic carbocycles. The molecule has 0 aliphatic rings. The average molecular weight is 335 g/mol. The Morgan fingerprint density at radius 2 is 1.65 bits per heavy atom. The molecule has 1 atom stereocenters. The van der Waals surface area contributed by atoms with Gasteiger partial charge in [0.05, 0.1) is 14.2 Å². The third-order valence-electron chi connectivity index (χ3n) is 3.55. The van der Waals surface area contributed by atoms with E-state index in [1.54, 1.807) is 32.2 Å². The number of methoxy groups -OCH3 is 2. The van der Waals surface area contributed by atoms with Crippen molar-refractivity contribution in [3.05, 3.63) is 53.6 Å². The molecule has 124 valence electrons. The molecule has 6 heteroatoms. The standard InChI is InChI=1S/C17H21NO4S/c1-12-9-10-16(22-4)17(11-12)23(19,20)18-13(2)14-7-5-6-8-15(14)21-3/h5-11,13,18H,1-4H3/t13-/m0/s1. The normalized spacial score (nSPS) is 12.7. The number of hydrogen-bond acceptors (Lipinski definition) is 4. The highest BCUT2D eigenvalue weighted by Crippen LogP contribution is 2.29. The van der Waals surface area contributed by atoms with Gasteiger partial charge in [0.15, 0.2) is 0 Å². The molecule has 2 aromatic carbocycles. The molecule has 0 bridgehead atoms. The summed E-state index contributed by atoms with van der Waals surface area (Å²) in [5, 5.41) is 0. The molecule has 2 rings (SSSR count). The van der Waals surface area contributed by atoms with Crippen molar-refractivity contribution in [1.82, 2.24) is 4.72 Å². The van der Waals surface area contributed by atoms with Crippen molar-refractivity contribution >= 4 is 10.0 Å². The minimum absolute atomic E-state index is 0.127. The largest absolute Gasteiger partial charge is 0.496 e. The number of para-hydroxylation sites is 1. The van der Waals surface area contributed by atoms with E-state index >= 15 is 0 Å². The summed E-state index contributed by atoms with van der Waals surface area (Å²) >= 11 is 0. The lowest BCUT2D eigenvalue weighted by atomic mass is 10.1. The van der Waals surface area contributed by atoms with Gasteiger partial charge in [-0.2, -0.15) is 0 Å². The van der Waals surface area contributed by atoms with E-state index in [9.17, 15) is 8.42 Å². The van der Waals surface area contributed by atoms with Gasteiger partial charge >= 0.3 is 0 Å². The molecule has 0 radical (unpaired) electrons. The second-order valence-corrected chi connectivity index (χ2v) is 6.92. The molecule has 0 heterocycles. The third kappa shape index (κ3) is 3.83. The van der Waals surface area contributed by atoms with Crippen molar-refractivity contribution in [3.63, 3.8) is 0 Å². The van der Waals surface area contributed by atoms with Gasteiger partial charge < -0.3 is 9.47 Å². The highest BCUT2D eigenvalue weighted by molar-refractivity contribution is 7.89. The molecule has 2 aromatic rings. The van der Waals surface area contributed by atoms with Crippen molar-refractivity contribution in [3.8, 4) is 11.5 Å². The summed E-state index contributed by atoms with van der Waals surface area (Å²) in [6, 6.07) is 11.9. The van der Waals surface area contributed by atoms with Crippen LogP contribution in [0, 0.1) is 6.92 Å². The number of sulfonamides is 1. The van der Waals surface area contributed by atoms with Gasteiger partial charge in [-0.05, 0) is 37.6 Å². The molecule has 0 amide bonds. The maximum Gasteiger partial charge on any atom is 0.244 e. The quantitative estimate of drug-likeness (QED) is 0.881. The fraction of sp³-hybridized carbons (Fsp3) is 0.294. The second-order valence-electron chi connectivity index (χ2n) is 5.24. The van der Waals surface area contributed by atoms with E-state index in [4.69, 9.17) is 9.47 Å². The van der Waals surface area contributed by atoms with E-state index in [1.807, 2.05) is 31.2 Å². The van der Waals surface area contributed by atoms with Crippen LogP contribution in [0.2, 0.25) is 0 Å². The van der Waals surface area contributed by atoms with E-state index < -0.39 is 16.1 Å². The number of rotatable bonds is 6. The van der Waals surface area contributed by atoms with Crippen LogP contribution in [0.3, 0.4) is 0 Å². The van der Waals surface area contributed by atoms with E-state index in [1.165, 1.54) is 7.11 Å². The molecule has 0 saturated carbocycles. The maximum absolute atomic E-state index is 12.7. The van der Waals surface area contributed by atoms with Crippen molar-refractivity contribution in [1.29, 1.82) is 0 Å². The van der Waals surface area contributed by atoms with E-state index in [-0.39, 0.29) is 4.90 Å². The fourth-order valence-corrected chi connectivity index (χ4v) is 3.85. The summed E-state index contributed by atoms with van der Waals surface area (Å²) < 4.78 is 38.6. The Morgan fingerprint density at radius 3 is 2.30 bits per heavy atom. The summed E-state index contributed by atoms with van der Waals surface area (Å²) in [6.45, 7) is 3.61. The van der Waals surface area contributed by atoms with Gasteiger partial charge in [0.1, 0.15) is 16.4 Å². The van der Waals surface area contributed by atoms with Gasteiger partial charge in [0.25, 0.3) is 0 Å². The van der Waals surface area contributed by atoms with Crippen LogP contribution in [0.5, 0.6) is 11.5 Å². The molecule has 1 N–H and O–H groups in total. The third-order valence-corrected chi connectivity index (χ3v) is 5.11. The topological polar surface area (TPSA) is 64.6 Å². The molecule has 0 spiro atoms. The average Bonchev–Trinajstić information content (AvgIpc) is 2.54. The Hall–Kier alpha value is -2.05. The molecule has 0 saturated heterocycles. The van der Waals surface area contributed by atoms with Crippen molar-refractivity contribution in [2.75, 3.05) is 14.2 Å². The number of ether oxygens (including phenoxy) is 2. The molecule has 0 aromatic heterocycles. The number of hydrogen-bond donors (Lipinski definition) is 1. The predicted molar refractivity (Wildman–Crippen MR) is 89.5 cm³/mol. The zero-order chi connectivity index (χ0) is 17.0. The Morgan fingerprint density at radius 1 is 1.00 bits per heavy atom.